The Hall–Kier alpha value is -1.88. The van der Waals surface area contributed by atoms with E-state index in [9.17, 15) is 9.59 Å². The van der Waals surface area contributed by atoms with Gasteiger partial charge in [-0.05, 0) is 44.3 Å². The fraction of sp³-hybridized carbons (Fsp3) is 0.600. The van der Waals surface area contributed by atoms with Gasteiger partial charge < -0.3 is 15.5 Å². The lowest BCUT2D eigenvalue weighted by molar-refractivity contribution is -0.137. The molecule has 1 saturated heterocycles. The highest BCUT2D eigenvalue weighted by molar-refractivity contribution is 5.88. The number of hydrogen-bond acceptors (Lipinski definition) is 3. The predicted molar refractivity (Wildman–Crippen MR) is 100 cm³/mol. The van der Waals surface area contributed by atoms with Crippen LogP contribution in [0.2, 0.25) is 0 Å². The Labute approximate surface area is 151 Å². The van der Waals surface area contributed by atoms with Gasteiger partial charge in [0.25, 0.3) is 0 Å². The third-order valence-corrected chi connectivity index (χ3v) is 4.84. The van der Waals surface area contributed by atoms with Crippen LogP contribution >= 0.6 is 0 Å². The van der Waals surface area contributed by atoms with Crippen LogP contribution in [0.15, 0.2) is 30.3 Å². The molecule has 0 saturated carbocycles. The molecule has 0 radical (unpaired) electrons. The number of benzene rings is 1. The van der Waals surface area contributed by atoms with Crippen molar-refractivity contribution in [3.8, 4) is 0 Å². The summed E-state index contributed by atoms with van der Waals surface area (Å²) in [5.41, 5.74) is 0.968. The Morgan fingerprint density at radius 2 is 1.88 bits per heavy atom. The molecule has 1 aromatic rings. The number of piperidine rings is 1. The van der Waals surface area contributed by atoms with Crippen molar-refractivity contribution in [2.75, 3.05) is 26.7 Å². The molecule has 1 aromatic carbocycles. The Morgan fingerprint density at radius 3 is 2.48 bits per heavy atom. The number of nitrogens with zero attached hydrogens (tertiary/aromatic N) is 1. The lowest BCUT2D eigenvalue weighted by Gasteiger charge is -2.34. The third kappa shape index (κ3) is 6.16. The molecule has 1 unspecified atom stereocenters. The normalized spacial score (nSPS) is 16.5. The Balaban J connectivity index is 1.88. The highest BCUT2D eigenvalue weighted by Gasteiger charge is 2.28. The zero-order valence-electron chi connectivity index (χ0n) is 15.5. The smallest absolute Gasteiger partial charge is 0.245 e. The zero-order valence-corrected chi connectivity index (χ0v) is 15.5. The number of carbonyl (C=O) groups is 2. The highest BCUT2D eigenvalue weighted by Crippen LogP contribution is 2.18. The van der Waals surface area contributed by atoms with Gasteiger partial charge in [0.15, 0.2) is 0 Å². The fourth-order valence-electron chi connectivity index (χ4n) is 3.44. The quantitative estimate of drug-likeness (QED) is 0.757. The number of hydrogen-bond donors (Lipinski definition) is 2. The summed E-state index contributed by atoms with van der Waals surface area (Å²) in [6.07, 6.45) is 3.94. The van der Waals surface area contributed by atoms with E-state index in [0.717, 1.165) is 44.5 Å². The van der Waals surface area contributed by atoms with Crippen molar-refractivity contribution >= 4 is 11.8 Å². The van der Waals surface area contributed by atoms with Crippen molar-refractivity contribution in [2.24, 2.45) is 5.92 Å². The molecule has 1 atom stereocenters. The molecule has 1 aliphatic heterocycles. The molecule has 2 amide bonds. The van der Waals surface area contributed by atoms with Crippen LogP contribution in [0.25, 0.3) is 0 Å². The summed E-state index contributed by atoms with van der Waals surface area (Å²) in [6, 6.07) is 9.25. The average molecular weight is 345 g/mol. The van der Waals surface area contributed by atoms with Crippen molar-refractivity contribution in [3.63, 3.8) is 0 Å². The van der Waals surface area contributed by atoms with Crippen LogP contribution in [-0.2, 0) is 16.0 Å². The predicted octanol–water partition coefficient (Wildman–Crippen LogP) is 1.97. The summed E-state index contributed by atoms with van der Waals surface area (Å²) >= 11 is 0. The van der Waals surface area contributed by atoms with Gasteiger partial charge in [-0.1, -0.05) is 43.7 Å². The summed E-state index contributed by atoms with van der Waals surface area (Å²) in [5.74, 6) is 0.639. The first-order valence-electron chi connectivity index (χ1n) is 9.40. The van der Waals surface area contributed by atoms with Gasteiger partial charge in [-0.3, -0.25) is 9.59 Å². The largest absolute Gasteiger partial charge is 0.344 e. The molecule has 2 rings (SSSR count). The molecule has 5 nitrogen and oxygen atoms in total. The van der Waals surface area contributed by atoms with Gasteiger partial charge in [0, 0.05) is 13.1 Å². The maximum absolute atomic E-state index is 12.8. The topological polar surface area (TPSA) is 61.4 Å². The van der Waals surface area contributed by atoms with Crippen molar-refractivity contribution in [3.05, 3.63) is 35.9 Å². The minimum absolute atomic E-state index is 0.0752. The second kappa shape index (κ2) is 10.2. The SMILES string of the molecule is CCCC(NC(=O)Cc1ccccc1)C(=O)N1CCC(CNC)CC1. The lowest BCUT2D eigenvalue weighted by atomic mass is 9.96. The summed E-state index contributed by atoms with van der Waals surface area (Å²) in [4.78, 5) is 27.1. The molecule has 25 heavy (non-hydrogen) atoms. The first kappa shape index (κ1) is 19.4. The van der Waals surface area contributed by atoms with E-state index < -0.39 is 6.04 Å². The lowest BCUT2D eigenvalue weighted by Crippen LogP contribution is -2.51. The van der Waals surface area contributed by atoms with Gasteiger partial charge in [0.05, 0.1) is 6.42 Å². The zero-order chi connectivity index (χ0) is 18.1. The van der Waals surface area contributed by atoms with Crippen molar-refractivity contribution in [2.45, 2.75) is 45.1 Å². The average Bonchev–Trinajstić information content (AvgIpc) is 2.62. The molecular weight excluding hydrogens is 314 g/mol. The molecule has 0 spiro atoms. The van der Waals surface area contributed by atoms with E-state index in [1.54, 1.807) is 0 Å². The summed E-state index contributed by atoms with van der Waals surface area (Å²) in [5, 5.41) is 6.17. The second-order valence-corrected chi connectivity index (χ2v) is 6.90. The molecule has 2 N–H and O–H groups in total. The maximum atomic E-state index is 12.8. The van der Waals surface area contributed by atoms with Crippen LogP contribution in [0, 0.1) is 5.92 Å². The van der Waals surface area contributed by atoms with E-state index in [-0.39, 0.29) is 11.8 Å². The molecule has 1 heterocycles. The van der Waals surface area contributed by atoms with Gasteiger partial charge >= 0.3 is 0 Å². The van der Waals surface area contributed by atoms with E-state index in [1.807, 2.05) is 49.2 Å². The van der Waals surface area contributed by atoms with Gasteiger partial charge in [-0.15, -0.1) is 0 Å². The number of carbonyl (C=O) groups excluding carboxylic acids is 2. The first-order valence-corrected chi connectivity index (χ1v) is 9.40. The Kier molecular flexibility index (Phi) is 7.92. The van der Waals surface area contributed by atoms with Gasteiger partial charge in [-0.2, -0.15) is 0 Å². The summed E-state index contributed by atoms with van der Waals surface area (Å²) < 4.78 is 0. The number of rotatable bonds is 8. The van der Waals surface area contributed by atoms with Crippen molar-refractivity contribution < 1.29 is 9.59 Å². The standard InChI is InChI=1S/C20H31N3O2/c1-3-7-18(22-19(24)14-16-8-5-4-6-9-16)20(25)23-12-10-17(11-13-23)15-21-2/h4-6,8-9,17-18,21H,3,7,10-15H2,1-2H3,(H,22,24). The molecular formula is C20H31N3O2. The fourth-order valence-corrected chi connectivity index (χ4v) is 3.44. The van der Waals surface area contributed by atoms with Crippen LogP contribution in [0.1, 0.15) is 38.2 Å². The number of nitrogens with one attached hydrogen (secondary N) is 2. The molecule has 0 bridgehead atoms. The molecule has 1 fully saturated rings. The minimum Gasteiger partial charge on any atom is -0.344 e. The van der Waals surface area contributed by atoms with E-state index in [2.05, 4.69) is 10.6 Å². The van der Waals surface area contributed by atoms with Crippen LogP contribution in [0.5, 0.6) is 0 Å². The Morgan fingerprint density at radius 1 is 1.20 bits per heavy atom. The number of likely N-dealkylation sites (tertiary alicyclic amines) is 1. The Bertz CT molecular complexity index is 539. The van der Waals surface area contributed by atoms with Gasteiger partial charge in [0.1, 0.15) is 6.04 Å². The summed E-state index contributed by atoms with van der Waals surface area (Å²) in [7, 11) is 1.97. The van der Waals surface area contributed by atoms with Crippen molar-refractivity contribution in [1.82, 2.24) is 15.5 Å². The van der Waals surface area contributed by atoms with E-state index in [1.165, 1.54) is 0 Å². The van der Waals surface area contributed by atoms with E-state index in [4.69, 9.17) is 0 Å². The van der Waals surface area contributed by atoms with Gasteiger partial charge in [0.2, 0.25) is 11.8 Å². The van der Waals surface area contributed by atoms with Crippen LogP contribution < -0.4 is 10.6 Å². The molecule has 1 aliphatic rings. The number of amides is 2. The highest BCUT2D eigenvalue weighted by atomic mass is 16.2. The summed E-state index contributed by atoms with van der Waals surface area (Å²) in [6.45, 7) is 4.64. The van der Waals surface area contributed by atoms with Crippen molar-refractivity contribution in [1.29, 1.82) is 0 Å². The molecule has 0 aliphatic carbocycles. The van der Waals surface area contributed by atoms with Crippen LogP contribution in [0.4, 0.5) is 0 Å². The van der Waals surface area contributed by atoms with Gasteiger partial charge in [-0.25, -0.2) is 0 Å². The van der Waals surface area contributed by atoms with Crippen LogP contribution in [0.3, 0.4) is 0 Å². The van der Waals surface area contributed by atoms with Crippen LogP contribution in [-0.4, -0.2) is 49.4 Å². The minimum atomic E-state index is -0.401. The first-order chi connectivity index (χ1) is 12.1. The second-order valence-electron chi connectivity index (χ2n) is 6.90. The molecule has 0 aromatic heterocycles. The maximum Gasteiger partial charge on any atom is 0.245 e. The molecule has 5 heteroatoms. The third-order valence-electron chi connectivity index (χ3n) is 4.84. The van der Waals surface area contributed by atoms with E-state index in [0.29, 0.717) is 18.8 Å². The monoisotopic (exact) mass is 345 g/mol. The van der Waals surface area contributed by atoms with E-state index >= 15 is 0 Å². The molecule has 138 valence electrons.